The lowest BCUT2D eigenvalue weighted by atomic mass is 10.4. The Kier molecular flexibility index (Phi) is 2.83. The summed E-state index contributed by atoms with van der Waals surface area (Å²) in [5.41, 5.74) is 1.45. The summed E-state index contributed by atoms with van der Waals surface area (Å²) in [5.74, 6) is 0.729. The zero-order chi connectivity index (χ0) is 7.23. The molecule has 0 saturated heterocycles. The normalized spacial score (nSPS) is 10.5. The second-order valence-corrected chi connectivity index (χ2v) is 1.87. The highest BCUT2D eigenvalue weighted by Crippen LogP contribution is 1.89. The van der Waals surface area contributed by atoms with Crippen LogP contribution in [0.3, 0.4) is 0 Å². The summed E-state index contributed by atoms with van der Waals surface area (Å²) in [4.78, 5) is 11.4. The van der Waals surface area contributed by atoms with E-state index in [4.69, 9.17) is 11.6 Å². The third kappa shape index (κ3) is 2.11. The summed E-state index contributed by atoms with van der Waals surface area (Å²) < 4.78 is 0. The van der Waals surface area contributed by atoms with Crippen LogP contribution in [0, 0.1) is 0 Å². The monoisotopic (exact) mass is 155 g/mol. The van der Waals surface area contributed by atoms with Gasteiger partial charge in [-0.15, -0.1) is 0 Å². The molecule has 1 aromatic rings. The van der Waals surface area contributed by atoms with Crippen LogP contribution in [-0.4, -0.2) is 15.0 Å². The molecule has 10 heavy (non-hydrogen) atoms. The maximum absolute atomic E-state index is 5.30. The van der Waals surface area contributed by atoms with Crippen molar-refractivity contribution in [2.75, 3.05) is 0 Å². The highest BCUT2D eigenvalue weighted by molar-refractivity contribution is 6.25. The van der Waals surface area contributed by atoms with E-state index in [0.29, 0.717) is 6.42 Å². The lowest BCUT2D eigenvalue weighted by Gasteiger charge is -1.88. The van der Waals surface area contributed by atoms with E-state index in [9.17, 15) is 0 Å². The highest BCUT2D eigenvalue weighted by atomic mass is 35.5. The number of nitrogens with zero attached hydrogens (tertiary/aromatic N) is 3. The van der Waals surface area contributed by atoms with E-state index in [2.05, 4.69) is 15.0 Å². The minimum Gasteiger partial charge on any atom is -0.225 e. The quantitative estimate of drug-likeness (QED) is 0.644. The number of hydrogen-bond donors (Lipinski definition) is 0. The lowest BCUT2D eigenvalue weighted by Crippen LogP contribution is -1.91. The van der Waals surface area contributed by atoms with E-state index in [-0.39, 0.29) is 0 Å². The van der Waals surface area contributed by atoms with Crippen molar-refractivity contribution >= 4 is 11.6 Å². The standard InChI is InChI=1S/C6H6ClN3/c7-3-1-2-6-9-4-8-5-10-6/h1,3-5H,2H2. The van der Waals surface area contributed by atoms with Gasteiger partial charge in [0.2, 0.25) is 0 Å². The second-order valence-electron chi connectivity index (χ2n) is 1.62. The molecule has 0 N–H and O–H groups in total. The number of allylic oxidation sites excluding steroid dienone is 1. The summed E-state index contributed by atoms with van der Waals surface area (Å²) in [5, 5.41) is 0. The van der Waals surface area contributed by atoms with E-state index in [1.54, 1.807) is 6.08 Å². The maximum atomic E-state index is 5.30. The van der Waals surface area contributed by atoms with Crippen molar-refractivity contribution in [3.63, 3.8) is 0 Å². The molecule has 1 rings (SSSR count). The Morgan fingerprint density at radius 3 is 2.70 bits per heavy atom. The topological polar surface area (TPSA) is 38.7 Å². The molecule has 0 atom stereocenters. The predicted octanol–water partition coefficient (Wildman–Crippen LogP) is 1.17. The summed E-state index contributed by atoms with van der Waals surface area (Å²) >= 11 is 5.30. The molecule has 0 aliphatic carbocycles. The van der Waals surface area contributed by atoms with Crippen LogP contribution in [0.2, 0.25) is 0 Å². The van der Waals surface area contributed by atoms with Gasteiger partial charge in [0.25, 0.3) is 0 Å². The molecule has 0 bridgehead atoms. The van der Waals surface area contributed by atoms with Crippen molar-refractivity contribution in [2.24, 2.45) is 0 Å². The Hall–Kier alpha value is -0.960. The number of rotatable bonds is 2. The number of hydrogen-bond acceptors (Lipinski definition) is 3. The zero-order valence-corrected chi connectivity index (χ0v) is 5.99. The Labute approximate surface area is 63.8 Å². The van der Waals surface area contributed by atoms with Gasteiger partial charge in [-0.1, -0.05) is 17.7 Å². The second kappa shape index (κ2) is 3.95. The molecule has 0 aromatic carbocycles. The first-order valence-corrected chi connectivity index (χ1v) is 3.23. The smallest absolute Gasteiger partial charge is 0.135 e. The SMILES string of the molecule is ClC=CCc1ncncn1. The molecular formula is C6H6ClN3. The van der Waals surface area contributed by atoms with Crippen molar-refractivity contribution in [3.05, 3.63) is 30.1 Å². The van der Waals surface area contributed by atoms with Gasteiger partial charge in [0.15, 0.2) is 0 Å². The molecule has 4 heteroatoms. The van der Waals surface area contributed by atoms with Gasteiger partial charge < -0.3 is 0 Å². The molecule has 0 aliphatic rings. The summed E-state index contributed by atoms with van der Waals surface area (Å²) in [6.45, 7) is 0. The van der Waals surface area contributed by atoms with Gasteiger partial charge in [-0.3, -0.25) is 0 Å². The molecule has 1 heterocycles. The number of halogens is 1. The Balaban J connectivity index is 2.59. The van der Waals surface area contributed by atoms with Crippen LogP contribution < -0.4 is 0 Å². The van der Waals surface area contributed by atoms with E-state index in [1.165, 1.54) is 18.2 Å². The molecule has 0 spiro atoms. The summed E-state index contributed by atoms with van der Waals surface area (Å²) in [7, 11) is 0. The predicted molar refractivity (Wildman–Crippen MR) is 38.5 cm³/mol. The zero-order valence-electron chi connectivity index (χ0n) is 5.24. The third-order valence-corrected chi connectivity index (χ3v) is 1.11. The Morgan fingerprint density at radius 2 is 2.10 bits per heavy atom. The first-order valence-electron chi connectivity index (χ1n) is 2.79. The van der Waals surface area contributed by atoms with Gasteiger partial charge in [-0.25, -0.2) is 15.0 Å². The van der Waals surface area contributed by atoms with Crippen LogP contribution in [0.1, 0.15) is 5.82 Å². The summed E-state index contributed by atoms with van der Waals surface area (Å²) in [6, 6.07) is 0. The van der Waals surface area contributed by atoms with Crippen molar-refractivity contribution in [3.8, 4) is 0 Å². The maximum Gasteiger partial charge on any atom is 0.135 e. The van der Waals surface area contributed by atoms with Gasteiger partial charge in [-0.05, 0) is 0 Å². The van der Waals surface area contributed by atoms with Gasteiger partial charge >= 0.3 is 0 Å². The summed E-state index contributed by atoms with van der Waals surface area (Å²) in [6.07, 6.45) is 5.36. The van der Waals surface area contributed by atoms with E-state index in [0.717, 1.165) is 5.82 Å². The fraction of sp³-hybridized carbons (Fsp3) is 0.167. The van der Waals surface area contributed by atoms with Crippen molar-refractivity contribution in [2.45, 2.75) is 6.42 Å². The lowest BCUT2D eigenvalue weighted by molar-refractivity contribution is 0.932. The average Bonchev–Trinajstić information content (AvgIpc) is 2.03. The van der Waals surface area contributed by atoms with Crippen molar-refractivity contribution in [1.82, 2.24) is 15.0 Å². The molecule has 52 valence electrons. The van der Waals surface area contributed by atoms with Crippen LogP contribution in [0.4, 0.5) is 0 Å². The molecule has 0 amide bonds. The molecule has 1 aromatic heterocycles. The van der Waals surface area contributed by atoms with Crippen LogP contribution >= 0.6 is 11.6 Å². The fourth-order valence-corrected chi connectivity index (χ4v) is 0.608. The minimum absolute atomic E-state index is 0.659. The van der Waals surface area contributed by atoms with Gasteiger partial charge in [-0.2, -0.15) is 0 Å². The fourth-order valence-electron chi connectivity index (χ4n) is 0.518. The van der Waals surface area contributed by atoms with Crippen molar-refractivity contribution in [1.29, 1.82) is 0 Å². The van der Waals surface area contributed by atoms with E-state index >= 15 is 0 Å². The first kappa shape index (κ1) is 7.15. The Bertz CT molecular complexity index is 209. The van der Waals surface area contributed by atoms with Crippen LogP contribution in [0.5, 0.6) is 0 Å². The van der Waals surface area contributed by atoms with Gasteiger partial charge in [0.05, 0.1) is 0 Å². The minimum atomic E-state index is 0.659. The Morgan fingerprint density at radius 1 is 1.40 bits per heavy atom. The molecule has 0 fully saturated rings. The van der Waals surface area contributed by atoms with Crippen molar-refractivity contribution < 1.29 is 0 Å². The van der Waals surface area contributed by atoms with Gasteiger partial charge in [0.1, 0.15) is 18.5 Å². The molecule has 3 nitrogen and oxygen atoms in total. The third-order valence-electron chi connectivity index (χ3n) is 0.936. The largest absolute Gasteiger partial charge is 0.225 e. The molecule has 0 unspecified atom stereocenters. The van der Waals surface area contributed by atoms with Crippen LogP contribution in [-0.2, 0) is 6.42 Å². The molecular weight excluding hydrogens is 150 g/mol. The average molecular weight is 156 g/mol. The molecule has 0 aliphatic heterocycles. The first-order chi connectivity index (χ1) is 4.93. The number of aromatic nitrogens is 3. The van der Waals surface area contributed by atoms with Crippen LogP contribution in [0.15, 0.2) is 24.3 Å². The van der Waals surface area contributed by atoms with E-state index < -0.39 is 0 Å². The molecule has 0 saturated carbocycles. The highest BCUT2D eigenvalue weighted by Gasteiger charge is 1.87. The molecule has 0 radical (unpaired) electrons. The van der Waals surface area contributed by atoms with E-state index in [1.807, 2.05) is 0 Å². The van der Waals surface area contributed by atoms with Crippen LogP contribution in [0.25, 0.3) is 0 Å². The van der Waals surface area contributed by atoms with Gasteiger partial charge in [0, 0.05) is 12.0 Å².